The van der Waals surface area contributed by atoms with E-state index in [0.717, 1.165) is 31.9 Å². The predicted octanol–water partition coefficient (Wildman–Crippen LogP) is 1.51. The Bertz CT molecular complexity index is 931. The Morgan fingerprint density at radius 2 is 1.92 bits per heavy atom. The third-order valence-electron chi connectivity index (χ3n) is 5.37. The quantitative estimate of drug-likeness (QED) is 0.847. The third-order valence-corrected chi connectivity index (χ3v) is 6.32. The number of imidazole rings is 1. The Morgan fingerprint density at radius 3 is 2.54 bits per heavy atom. The Kier molecular flexibility index (Phi) is 5.02. The number of carbonyl (C=O) groups is 1. The smallest absolute Gasteiger partial charge is 0.274 e. The highest BCUT2D eigenvalue weighted by atomic mass is 35.5. The fourth-order valence-electron chi connectivity index (χ4n) is 4.10. The van der Waals surface area contributed by atoms with Crippen LogP contribution in [0, 0.1) is 0 Å². The van der Waals surface area contributed by atoms with Gasteiger partial charge >= 0.3 is 0 Å². The number of hydrogen-bond donors (Lipinski definition) is 1. The highest BCUT2D eigenvalue weighted by molar-refractivity contribution is 7.90. The number of halogens is 1. The summed E-state index contributed by atoms with van der Waals surface area (Å²) in [6, 6.07) is 6.35. The summed E-state index contributed by atoms with van der Waals surface area (Å²) in [5.41, 5.74) is 0.728. The first kappa shape index (κ1) is 19.1. The zero-order valence-corrected chi connectivity index (χ0v) is 16.4. The molecule has 4 heterocycles. The van der Waals surface area contributed by atoms with E-state index in [1.54, 1.807) is 36.3 Å². The van der Waals surface area contributed by atoms with Crippen molar-refractivity contribution in [1.82, 2.24) is 19.6 Å². The zero-order chi connectivity index (χ0) is 17.8. The molecule has 2 aromatic rings. The molecule has 1 amide bonds. The van der Waals surface area contributed by atoms with Gasteiger partial charge in [-0.1, -0.05) is 6.07 Å². The van der Waals surface area contributed by atoms with Crippen LogP contribution in [0.3, 0.4) is 0 Å². The van der Waals surface area contributed by atoms with Crippen molar-refractivity contribution in [1.29, 1.82) is 0 Å². The van der Waals surface area contributed by atoms with Crippen molar-refractivity contribution in [3.63, 3.8) is 0 Å². The van der Waals surface area contributed by atoms with Crippen LogP contribution in [0.15, 0.2) is 29.6 Å². The van der Waals surface area contributed by atoms with Crippen LogP contribution in [0.1, 0.15) is 36.2 Å². The molecule has 9 heteroatoms. The average molecular weight is 399 g/mol. The number of hydrogen-bond acceptors (Lipinski definition) is 5. The van der Waals surface area contributed by atoms with Crippen LogP contribution in [-0.2, 0) is 9.84 Å². The number of piperidine rings is 1. The van der Waals surface area contributed by atoms with Gasteiger partial charge in [-0.2, -0.15) is 0 Å². The van der Waals surface area contributed by atoms with Crippen molar-refractivity contribution in [3.8, 4) is 0 Å². The number of nitrogens with one attached hydrogen (secondary N) is 1. The van der Waals surface area contributed by atoms with Crippen LogP contribution in [0.25, 0.3) is 5.52 Å². The topological polar surface area (TPSA) is 83.8 Å². The second kappa shape index (κ2) is 6.83. The van der Waals surface area contributed by atoms with E-state index >= 15 is 0 Å². The molecule has 0 spiro atoms. The number of fused-ring (bicyclic) bond motifs is 3. The van der Waals surface area contributed by atoms with Crippen LogP contribution >= 0.6 is 12.4 Å². The minimum atomic E-state index is -3.53. The van der Waals surface area contributed by atoms with Crippen LogP contribution in [-0.4, -0.2) is 60.0 Å². The molecule has 0 saturated carbocycles. The maximum absolute atomic E-state index is 13.1. The summed E-state index contributed by atoms with van der Waals surface area (Å²) in [4.78, 5) is 19.0. The Balaban J connectivity index is 0.00000196. The van der Waals surface area contributed by atoms with E-state index in [-0.39, 0.29) is 35.2 Å². The molecule has 2 aliphatic rings. The number of nitrogens with zero attached hydrogens (tertiary/aromatic N) is 3. The lowest BCUT2D eigenvalue weighted by atomic mass is 9.98. The second-order valence-electron chi connectivity index (χ2n) is 7.15. The van der Waals surface area contributed by atoms with Gasteiger partial charge in [-0.05, 0) is 37.8 Å². The van der Waals surface area contributed by atoms with Crippen molar-refractivity contribution >= 4 is 33.7 Å². The summed E-state index contributed by atoms with van der Waals surface area (Å²) in [6.45, 7) is 0. The summed E-state index contributed by atoms with van der Waals surface area (Å²) in [5.74, 6) is -0.218. The van der Waals surface area contributed by atoms with E-state index in [1.807, 2.05) is 0 Å². The molecule has 142 valence electrons. The van der Waals surface area contributed by atoms with Gasteiger partial charge in [-0.15, -0.1) is 12.4 Å². The first-order valence-electron chi connectivity index (χ1n) is 8.55. The molecule has 2 unspecified atom stereocenters. The lowest BCUT2D eigenvalue weighted by molar-refractivity contribution is 0.0678. The SMILES string of the molecule is CN(C(=O)c1nc(S(C)(=O)=O)n2ccccc12)C1CC2CCC(C1)N2.Cl. The zero-order valence-electron chi connectivity index (χ0n) is 14.8. The first-order valence-corrected chi connectivity index (χ1v) is 10.4. The molecule has 0 radical (unpaired) electrons. The molecule has 2 bridgehead atoms. The highest BCUT2D eigenvalue weighted by Gasteiger charge is 2.37. The van der Waals surface area contributed by atoms with Crippen LogP contribution in [0.4, 0.5) is 0 Å². The lowest BCUT2D eigenvalue weighted by Gasteiger charge is -2.35. The van der Waals surface area contributed by atoms with Gasteiger partial charge in [0.05, 0.1) is 5.52 Å². The molecule has 0 aromatic carbocycles. The van der Waals surface area contributed by atoms with Crippen molar-refractivity contribution in [2.75, 3.05) is 13.3 Å². The minimum Gasteiger partial charge on any atom is -0.337 e. The van der Waals surface area contributed by atoms with Crippen LogP contribution in [0.2, 0.25) is 0 Å². The monoisotopic (exact) mass is 398 g/mol. The number of amides is 1. The van der Waals surface area contributed by atoms with E-state index in [4.69, 9.17) is 0 Å². The summed E-state index contributed by atoms with van der Waals surface area (Å²) in [5, 5.41) is 3.48. The maximum Gasteiger partial charge on any atom is 0.274 e. The van der Waals surface area contributed by atoms with Crippen molar-refractivity contribution in [2.24, 2.45) is 0 Å². The van der Waals surface area contributed by atoms with Gasteiger partial charge in [-0.3, -0.25) is 9.20 Å². The summed E-state index contributed by atoms with van der Waals surface area (Å²) < 4.78 is 25.5. The van der Waals surface area contributed by atoms with E-state index in [2.05, 4.69) is 10.3 Å². The minimum absolute atomic E-state index is 0. The van der Waals surface area contributed by atoms with Crippen LogP contribution < -0.4 is 5.32 Å². The molecular weight excluding hydrogens is 376 g/mol. The van der Waals surface area contributed by atoms with E-state index in [0.29, 0.717) is 17.6 Å². The van der Waals surface area contributed by atoms with Gasteiger partial charge in [0.2, 0.25) is 15.0 Å². The molecular formula is C17H23ClN4O3S. The molecule has 4 rings (SSSR count). The van der Waals surface area contributed by atoms with Gasteiger partial charge in [0.15, 0.2) is 5.69 Å². The van der Waals surface area contributed by atoms with Crippen LogP contribution in [0.5, 0.6) is 0 Å². The van der Waals surface area contributed by atoms with E-state index in [1.165, 1.54) is 4.40 Å². The summed E-state index contributed by atoms with van der Waals surface area (Å²) in [6.07, 6.45) is 6.92. The highest BCUT2D eigenvalue weighted by Crippen LogP contribution is 2.30. The molecule has 2 saturated heterocycles. The van der Waals surface area contributed by atoms with Gasteiger partial charge in [0, 0.05) is 37.6 Å². The number of aromatic nitrogens is 2. The fourth-order valence-corrected chi connectivity index (χ4v) is 4.88. The molecule has 0 aliphatic carbocycles. The van der Waals surface area contributed by atoms with Crippen molar-refractivity contribution in [2.45, 2.75) is 49.0 Å². The molecule has 2 aromatic heterocycles. The van der Waals surface area contributed by atoms with Gasteiger partial charge < -0.3 is 10.2 Å². The van der Waals surface area contributed by atoms with Crippen molar-refractivity contribution in [3.05, 3.63) is 30.1 Å². The number of pyridine rings is 1. The largest absolute Gasteiger partial charge is 0.337 e. The number of sulfone groups is 1. The van der Waals surface area contributed by atoms with Gasteiger partial charge in [0.1, 0.15) is 0 Å². The number of rotatable bonds is 3. The second-order valence-corrected chi connectivity index (χ2v) is 9.06. The standard InChI is InChI=1S/C17H22N4O3S.ClH/c1-20(13-9-11-6-7-12(10-13)18-11)16(22)15-14-5-3-4-8-21(14)17(19-15)25(2,23)24;/h3-5,8,11-13,18H,6-7,9-10H2,1-2H3;1H. The number of carbonyl (C=O) groups excluding carboxylic acids is 1. The fraction of sp³-hybridized carbons (Fsp3) is 0.529. The maximum atomic E-state index is 13.1. The Labute approximate surface area is 159 Å². The predicted molar refractivity (Wildman–Crippen MR) is 101 cm³/mol. The normalized spacial score (nSPS) is 25.1. The molecule has 1 N–H and O–H groups in total. The Morgan fingerprint density at radius 1 is 1.27 bits per heavy atom. The third kappa shape index (κ3) is 3.21. The lowest BCUT2D eigenvalue weighted by Crippen LogP contribution is -2.48. The van der Waals surface area contributed by atoms with Gasteiger partial charge in [-0.25, -0.2) is 13.4 Å². The first-order chi connectivity index (χ1) is 11.8. The summed E-state index contributed by atoms with van der Waals surface area (Å²) >= 11 is 0. The van der Waals surface area contributed by atoms with E-state index in [9.17, 15) is 13.2 Å². The average Bonchev–Trinajstić information content (AvgIpc) is 3.13. The molecule has 2 aliphatic heterocycles. The van der Waals surface area contributed by atoms with Gasteiger partial charge in [0.25, 0.3) is 5.91 Å². The van der Waals surface area contributed by atoms with Crippen molar-refractivity contribution < 1.29 is 13.2 Å². The van der Waals surface area contributed by atoms with E-state index < -0.39 is 9.84 Å². The molecule has 7 nitrogen and oxygen atoms in total. The molecule has 2 fully saturated rings. The molecule has 2 atom stereocenters. The molecule has 26 heavy (non-hydrogen) atoms. The Hall–Kier alpha value is -1.64. The summed E-state index contributed by atoms with van der Waals surface area (Å²) in [7, 11) is -1.73.